The number of nitrogens with one attached hydrogen (secondary N) is 3. The highest BCUT2D eigenvalue weighted by atomic mass is 16.5. The van der Waals surface area contributed by atoms with Crippen molar-refractivity contribution in [2.24, 2.45) is 5.10 Å². The molecule has 3 N–H and O–H groups in total. The van der Waals surface area contributed by atoms with E-state index in [1.54, 1.807) is 24.3 Å². The van der Waals surface area contributed by atoms with E-state index in [0.717, 1.165) is 16.8 Å². The maximum Gasteiger partial charge on any atom is 0.329 e. The van der Waals surface area contributed by atoms with E-state index in [1.165, 1.54) is 6.21 Å². The van der Waals surface area contributed by atoms with Crippen LogP contribution in [0.4, 0.5) is 5.69 Å². The summed E-state index contributed by atoms with van der Waals surface area (Å²) in [7, 11) is 0. The molecule has 3 rings (SSSR count). The van der Waals surface area contributed by atoms with Crippen molar-refractivity contribution >= 4 is 29.6 Å². The zero-order valence-corrected chi connectivity index (χ0v) is 18.8. The number of carbonyl (C=O) groups excluding carboxylic acids is 3. The molecular formula is C26H26N4O4. The zero-order chi connectivity index (χ0) is 24.2. The molecule has 0 aromatic heterocycles. The fraction of sp³-hybridized carbons (Fsp3) is 0.154. The smallest absolute Gasteiger partial charge is 0.329 e. The summed E-state index contributed by atoms with van der Waals surface area (Å²) in [6.45, 7) is 2.10. The van der Waals surface area contributed by atoms with Crippen LogP contribution < -0.4 is 20.8 Å². The van der Waals surface area contributed by atoms with Crippen LogP contribution in [0.1, 0.15) is 16.7 Å². The van der Waals surface area contributed by atoms with Crippen molar-refractivity contribution in [3.8, 4) is 5.75 Å². The summed E-state index contributed by atoms with van der Waals surface area (Å²) >= 11 is 0. The third-order valence-electron chi connectivity index (χ3n) is 4.78. The Balaban J connectivity index is 1.41. The number of benzene rings is 3. The first-order valence-corrected chi connectivity index (χ1v) is 10.7. The van der Waals surface area contributed by atoms with Crippen molar-refractivity contribution in [3.05, 3.63) is 95.6 Å². The van der Waals surface area contributed by atoms with E-state index in [4.69, 9.17) is 4.74 Å². The largest absolute Gasteiger partial charge is 0.484 e. The van der Waals surface area contributed by atoms with Crippen molar-refractivity contribution in [2.45, 2.75) is 13.3 Å². The number of hydrogen-bond donors (Lipinski definition) is 3. The lowest BCUT2D eigenvalue weighted by atomic mass is 10.1. The Bertz CT molecular complexity index is 1160. The molecule has 0 atom stereocenters. The lowest BCUT2D eigenvalue weighted by Crippen LogP contribution is -2.38. The van der Waals surface area contributed by atoms with Crippen LogP contribution in [-0.4, -0.2) is 37.1 Å². The molecule has 3 amide bonds. The number of hydrazone groups is 1. The second-order valence-electron chi connectivity index (χ2n) is 7.41. The molecule has 3 aromatic carbocycles. The number of para-hydroxylation sites is 1. The van der Waals surface area contributed by atoms with Crippen LogP contribution >= 0.6 is 0 Å². The van der Waals surface area contributed by atoms with Gasteiger partial charge in [0, 0.05) is 12.2 Å². The molecule has 0 spiro atoms. The predicted octanol–water partition coefficient (Wildman–Crippen LogP) is 2.82. The SMILES string of the molecule is Cc1ccccc1NC(=O)COc1cccc(/C=N/NC(=O)C(=O)NCCc2ccccc2)c1. The quantitative estimate of drug-likeness (QED) is 0.260. The highest BCUT2D eigenvalue weighted by molar-refractivity contribution is 6.35. The van der Waals surface area contributed by atoms with Crippen molar-refractivity contribution < 1.29 is 19.1 Å². The van der Waals surface area contributed by atoms with Gasteiger partial charge >= 0.3 is 11.8 Å². The lowest BCUT2D eigenvalue weighted by molar-refractivity contribution is -0.139. The summed E-state index contributed by atoms with van der Waals surface area (Å²) in [6.07, 6.45) is 2.01. The summed E-state index contributed by atoms with van der Waals surface area (Å²) in [4.78, 5) is 35.9. The number of anilines is 1. The van der Waals surface area contributed by atoms with E-state index in [0.29, 0.717) is 24.3 Å². The van der Waals surface area contributed by atoms with E-state index in [-0.39, 0.29) is 12.5 Å². The highest BCUT2D eigenvalue weighted by Gasteiger charge is 2.11. The number of aryl methyl sites for hydroxylation is 1. The Morgan fingerprint density at radius 3 is 2.47 bits per heavy atom. The summed E-state index contributed by atoms with van der Waals surface area (Å²) in [6, 6.07) is 24.0. The van der Waals surface area contributed by atoms with Gasteiger partial charge in [-0.25, -0.2) is 5.43 Å². The lowest BCUT2D eigenvalue weighted by Gasteiger charge is -2.09. The molecule has 0 saturated heterocycles. The fourth-order valence-electron chi connectivity index (χ4n) is 2.99. The van der Waals surface area contributed by atoms with Gasteiger partial charge in [0.15, 0.2) is 6.61 Å². The standard InChI is InChI=1S/C26H26N4O4/c1-19-8-5-6-13-23(19)29-24(31)18-34-22-12-7-11-21(16-22)17-28-30-26(33)25(32)27-15-14-20-9-3-2-4-10-20/h2-13,16-17H,14-15,18H2,1H3,(H,27,32)(H,29,31)(H,30,33)/b28-17+. The third kappa shape index (κ3) is 7.90. The molecule has 8 heteroatoms. The van der Waals surface area contributed by atoms with E-state index >= 15 is 0 Å². The third-order valence-corrected chi connectivity index (χ3v) is 4.78. The maximum atomic E-state index is 12.1. The van der Waals surface area contributed by atoms with Crippen LogP contribution in [-0.2, 0) is 20.8 Å². The van der Waals surface area contributed by atoms with Gasteiger partial charge in [0.05, 0.1) is 6.21 Å². The predicted molar refractivity (Wildman–Crippen MR) is 131 cm³/mol. The van der Waals surface area contributed by atoms with Gasteiger partial charge in [0.2, 0.25) is 0 Å². The van der Waals surface area contributed by atoms with Gasteiger partial charge < -0.3 is 15.4 Å². The van der Waals surface area contributed by atoms with Crippen LogP contribution in [0.5, 0.6) is 5.75 Å². The monoisotopic (exact) mass is 458 g/mol. The van der Waals surface area contributed by atoms with Crippen molar-refractivity contribution in [2.75, 3.05) is 18.5 Å². The van der Waals surface area contributed by atoms with E-state index in [9.17, 15) is 14.4 Å². The summed E-state index contributed by atoms with van der Waals surface area (Å²) in [5, 5.41) is 9.17. The Hall–Kier alpha value is -4.46. The topological polar surface area (TPSA) is 109 Å². The Morgan fingerprint density at radius 1 is 0.912 bits per heavy atom. The minimum Gasteiger partial charge on any atom is -0.484 e. The molecule has 0 fully saturated rings. The molecule has 0 aliphatic carbocycles. The van der Waals surface area contributed by atoms with E-state index in [2.05, 4.69) is 21.2 Å². The van der Waals surface area contributed by atoms with Gasteiger partial charge in [-0.2, -0.15) is 5.10 Å². The van der Waals surface area contributed by atoms with Crippen LogP contribution in [0, 0.1) is 6.92 Å². The molecular weight excluding hydrogens is 432 g/mol. The van der Waals surface area contributed by atoms with E-state index < -0.39 is 11.8 Å². The summed E-state index contributed by atoms with van der Waals surface area (Å²) in [5.41, 5.74) is 5.58. The minimum absolute atomic E-state index is 0.158. The second kappa shape index (κ2) is 12.5. The van der Waals surface area contributed by atoms with Crippen molar-refractivity contribution in [1.29, 1.82) is 0 Å². The van der Waals surface area contributed by atoms with Gasteiger partial charge in [-0.05, 0) is 48.2 Å². The van der Waals surface area contributed by atoms with Gasteiger partial charge in [-0.15, -0.1) is 0 Å². The van der Waals surface area contributed by atoms with Gasteiger partial charge in [-0.1, -0.05) is 60.7 Å². The van der Waals surface area contributed by atoms with Gasteiger partial charge in [0.1, 0.15) is 5.75 Å². The molecule has 0 radical (unpaired) electrons. The first-order chi connectivity index (χ1) is 16.5. The molecule has 174 valence electrons. The number of rotatable bonds is 9. The maximum absolute atomic E-state index is 12.1. The first-order valence-electron chi connectivity index (χ1n) is 10.7. The zero-order valence-electron chi connectivity index (χ0n) is 18.8. The van der Waals surface area contributed by atoms with Gasteiger partial charge in [-0.3, -0.25) is 14.4 Å². The van der Waals surface area contributed by atoms with Crippen LogP contribution in [0.25, 0.3) is 0 Å². The molecule has 34 heavy (non-hydrogen) atoms. The number of nitrogens with zero attached hydrogens (tertiary/aromatic N) is 1. The van der Waals surface area contributed by atoms with Crippen molar-refractivity contribution in [1.82, 2.24) is 10.7 Å². The number of carbonyl (C=O) groups is 3. The second-order valence-corrected chi connectivity index (χ2v) is 7.41. The van der Waals surface area contributed by atoms with Crippen LogP contribution in [0.3, 0.4) is 0 Å². The normalized spacial score (nSPS) is 10.5. The van der Waals surface area contributed by atoms with Crippen LogP contribution in [0.2, 0.25) is 0 Å². The molecule has 0 bridgehead atoms. The van der Waals surface area contributed by atoms with Gasteiger partial charge in [0.25, 0.3) is 5.91 Å². The molecule has 0 aliphatic rings. The summed E-state index contributed by atoms with van der Waals surface area (Å²) in [5.74, 6) is -1.43. The molecule has 8 nitrogen and oxygen atoms in total. The Morgan fingerprint density at radius 2 is 1.68 bits per heavy atom. The Labute approximate surface area is 198 Å². The number of hydrogen-bond acceptors (Lipinski definition) is 5. The molecule has 0 heterocycles. The molecule has 0 aliphatic heterocycles. The van der Waals surface area contributed by atoms with Crippen LogP contribution in [0.15, 0.2) is 84.0 Å². The molecule has 0 saturated carbocycles. The van der Waals surface area contributed by atoms with Crippen molar-refractivity contribution in [3.63, 3.8) is 0 Å². The average Bonchev–Trinajstić information content (AvgIpc) is 2.85. The van der Waals surface area contributed by atoms with E-state index in [1.807, 2.05) is 61.5 Å². The minimum atomic E-state index is -0.857. The highest BCUT2D eigenvalue weighted by Crippen LogP contribution is 2.14. The fourth-order valence-corrected chi connectivity index (χ4v) is 2.99. The molecule has 3 aromatic rings. The molecule has 0 unspecified atom stereocenters. The number of amides is 3. The number of ether oxygens (including phenoxy) is 1. The summed E-state index contributed by atoms with van der Waals surface area (Å²) < 4.78 is 5.54. The first kappa shape index (κ1) is 24.2. The average molecular weight is 459 g/mol. The Kier molecular flexibility index (Phi) is 8.92.